The Morgan fingerprint density at radius 3 is 1.74 bits per heavy atom. The van der Waals surface area contributed by atoms with Gasteiger partial charge in [0.1, 0.15) is 11.5 Å². The second-order valence-electron chi connectivity index (χ2n) is 13.3. The van der Waals surface area contributed by atoms with E-state index >= 15 is 0 Å². The van der Waals surface area contributed by atoms with Crippen molar-refractivity contribution in [1.29, 1.82) is 0 Å². The topological polar surface area (TPSA) is 42.5 Å². The van der Waals surface area contributed by atoms with Crippen LogP contribution in [0.25, 0.3) is 0 Å². The first-order chi connectivity index (χ1) is 20.0. The third kappa shape index (κ3) is 9.94. The van der Waals surface area contributed by atoms with E-state index in [-0.39, 0.29) is 16.9 Å². The van der Waals surface area contributed by atoms with Crippen LogP contribution in [-0.2, 0) is 25.7 Å². The van der Waals surface area contributed by atoms with Crippen LogP contribution >= 0.6 is 24.4 Å². The Kier molecular flexibility index (Phi) is 13.1. The largest absolute Gasteiger partial charge is 0.432 e. The van der Waals surface area contributed by atoms with Crippen LogP contribution < -0.4 is 20.1 Å². The lowest BCUT2D eigenvalue weighted by molar-refractivity contribution is 0.0787. The average Bonchev–Trinajstić information content (AvgIpc) is 2.90. The molecule has 2 unspecified atom stereocenters. The fraction of sp³-hybridized carbons (Fsp3) is 0.611. The number of nitrogens with one attached hydrogen (secondary N) is 2. The van der Waals surface area contributed by atoms with Gasteiger partial charge in [-0.05, 0) is 115 Å². The molecule has 3 rings (SSSR count). The maximum absolute atomic E-state index is 6.31. The minimum absolute atomic E-state index is 0.0210. The van der Waals surface area contributed by atoms with Crippen molar-refractivity contribution in [3.05, 3.63) is 58.7 Å². The molecule has 2 aromatic rings. The van der Waals surface area contributed by atoms with E-state index in [1.807, 2.05) is 6.07 Å². The SMILES string of the molecule is CCCc1cccc(OC(=S)NCC2(C)CC(NC(=S)Oc3cccc(CCC)c3CCC)CC(C)(C)C2)c1CCC. The van der Waals surface area contributed by atoms with Gasteiger partial charge in [0.2, 0.25) is 0 Å². The molecule has 0 aromatic heterocycles. The van der Waals surface area contributed by atoms with Crippen LogP contribution in [0.1, 0.15) is 116 Å². The van der Waals surface area contributed by atoms with Gasteiger partial charge in [-0.25, -0.2) is 0 Å². The molecule has 232 valence electrons. The number of hydrogen-bond donors (Lipinski definition) is 2. The van der Waals surface area contributed by atoms with Crippen LogP contribution in [0.15, 0.2) is 36.4 Å². The predicted octanol–water partition coefficient (Wildman–Crippen LogP) is 9.29. The maximum atomic E-state index is 6.31. The fourth-order valence-corrected chi connectivity index (χ4v) is 7.49. The van der Waals surface area contributed by atoms with Crippen LogP contribution in [0.4, 0.5) is 0 Å². The molecule has 2 aromatic carbocycles. The van der Waals surface area contributed by atoms with Gasteiger partial charge in [-0.3, -0.25) is 0 Å². The Morgan fingerprint density at radius 1 is 0.738 bits per heavy atom. The van der Waals surface area contributed by atoms with E-state index in [0.29, 0.717) is 10.3 Å². The summed E-state index contributed by atoms with van der Waals surface area (Å²) in [5, 5.41) is 7.97. The molecule has 0 amide bonds. The molecule has 1 aliphatic carbocycles. The molecule has 42 heavy (non-hydrogen) atoms. The van der Waals surface area contributed by atoms with E-state index in [0.717, 1.165) is 88.7 Å². The summed E-state index contributed by atoms with van der Waals surface area (Å²) in [5.74, 6) is 1.79. The highest BCUT2D eigenvalue weighted by Crippen LogP contribution is 2.46. The van der Waals surface area contributed by atoms with E-state index in [2.05, 4.69) is 89.4 Å². The third-order valence-corrected chi connectivity index (χ3v) is 8.76. The summed E-state index contributed by atoms with van der Waals surface area (Å²) in [7, 11) is 0. The summed E-state index contributed by atoms with van der Waals surface area (Å²) in [6, 6.07) is 12.9. The Labute approximate surface area is 266 Å². The molecule has 0 aliphatic heterocycles. The fourth-order valence-electron chi connectivity index (χ4n) is 7.08. The van der Waals surface area contributed by atoms with Gasteiger partial charge in [0, 0.05) is 12.6 Å². The lowest BCUT2D eigenvalue weighted by atomic mass is 9.62. The molecule has 4 nitrogen and oxygen atoms in total. The molecule has 0 heterocycles. The second kappa shape index (κ2) is 16.0. The highest BCUT2D eigenvalue weighted by Gasteiger charge is 2.41. The van der Waals surface area contributed by atoms with E-state index < -0.39 is 0 Å². The van der Waals surface area contributed by atoms with Gasteiger partial charge >= 0.3 is 0 Å². The van der Waals surface area contributed by atoms with Crippen molar-refractivity contribution >= 4 is 34.8 Å². The molecule has 0 saturated heterocycles. The van der Waals surface area contributed by atoms with Crippen molar-refractivity contribution in [2.24, 2.45) is 10.8 Å². The molecule has 1 aliphatic rings. The van der Waals surface area contributed by atoms with Crippen molar-refractivity contribution in [3.8, 4) is 11.5 Å². The molecular formula is C36H54N2O2S2. The zero-order chi connectivity index (χ0) is 30.8. The van der Waals surface area contributed by atoms with Crippen molar-refractivity contribution in [1.82, 2.24) is 10.6 Å². The van der Waals surface area contributed by atoms with Gasteiger partial charge in [0.05, 0.1) is 0 Å². The standard InChI is InChI=1S/C36H54N2O2S2/c1-8-14-26-18-12-20-31(29(26)16-10-3)39-33(41)37-25-36(7)23-28(22-35(5,6)24-36)38-34(42)40-32-21-13-19-27(15-9-2)30(32)17-11-4/h12-13,18-21,28H,8-11,14-17,22-25H2,1-7H3,(H,37,41)(H,38,42). The molecule has 6 heteroatoms. The van der Waals surface area contributed by atoms with Gasteiger partial charge in [0.25, 0.3) is 10.3 Å². The van der Waals surface area contributed by atoms with Gasteiger partial charge in [-0.1, -0.05) is 98.4 Å². The second-order valence-corrected chi connectivity index (χ2v) is 14.1. The van der Waals surface area contributed by atoms with Crippen LogP contribution in [0.5, 0.6) is 11.5 Å². The maximum Gasteiger partial charge on any atom is 0.262 e. The number of benzene rings is 2. The number of hydrogen-bond acceptors (Lipinski definition) is 4. The summed E-state index contributed by atoms with van der Waals surface area (Å²) in [5.41, 5.74) is 5.49. The Balaban J connectivity index is 1.65. The Bertz CT molecular complexity index is 1190. The summed E-state index contributed by atoms with van der Waals surface area (Å²) >= 11 is 11.5. The molecule has 2 N–H and O–H groups in total. The number of ether oxygens (including phenoxy) is 2. The summed E-state index contributed by atoms with van der Waals surface area (Å²) < 4.78 is 12.6. The first kappa shape index (κ1) is 34.3. The van der Waals surface area contributed by atoms with Gasteiger partial charge < -0.3 is 20.1 Å². The number of aryl methyl sites for hydroxylation is 2. The molecule has 1 fully saturated rings. The zero-order valence-electron chi connectivity index (χ0n) is 27.2. The summed E-state index contributed by atoms with van der Waals surface area (Å²) in [6.45, 7) is 16.7. The van der Waals surface area contributed by atoms with E-state index in [1.165, 1.54) is 22.3 Å². The first-order valence-corrected chi connectivity index (χ1v) is 17.0. The zero-order valence-corrected chi connectivity index (χ0v) is 28.8. The highest BCUT2D eigenvalue weighted by molar-refractivity contribution is 7.80. The first-order valence-electron chi connectivity index (χ1n) is 16.2. The normalized spacial score (nSPS) is 19.6. The predicted molar refractivity (Wildman–Crippen MR) is 186 cm³/mol. The summed E-state index contributed by atoms with van der Waals surface area (Å²) in [6.07, 6.45) is 11.6. The van der Waals surface area contributed by atoms with Crippen molar-refractivity contribution < 1.29 is 9.47 Å². The minimum Gasteiger partial charge on any atom is -0.432 e. The molecular weight excluding hydrogens is 557 g/mol. The monoisotopic (exact) mass is 610 g/mol. The van der Waals surface area contributed by atoms with Crippen molar-refractivity contribution in [2.75, 3.05) is 6.54 Å². The molecule has 1 saturated carbocycles. The van der Waals surface area contributed by atoms with Gasteiger partial charge in [-0.2, -0.15) is 0 Å². The van der Waals surface area contributed by atoms with Crippen LogP contribution in [0, 0.1) is 10.8 Å². The van der Waals surface area contributed by atoms with Gasteiger partial charge in [0.15, 0.2) is 0 Å². The highest BCUT2D eigenvalue weighted by atomic mass is 32.1. The molecule has 0 radical (unpaired) electrons. The lowest BCUT2D eigenvalue weighted by Gasteiger charge is -2.47. The average molecular weight is 611 g/mol. The van der Waals surface area contributed by atoms with Crippen LogP contribution in [0.2, 0.25) is 0 Å². The molecule has 0 bridgehead atoms. The smallest absolute Gasteiger partial charge is 0.262 e. The summed E-state index contributed by atoms with van der Waals surface area (Å²) in [4.78, 5) is 0. The Morgan fingerprint density at radius 2 is 1.24 bits per heavy atom. The van der Waals surface area contributed by atoms with Crippen molar-refractivity contribution in [3.63, 3.8) is 0 Å². The van der Waals surface area contributed by atoms with Crippen LogP contribution in [-0.4, -0.2) is 22.9 Å². The number of thiocarbonyl (C=S) groups is 2. The van der Waals surface area contributed by atoms with Gasteiger partial charge in [-0.15, -0.1) is 0 Å². The van der Waals surface area contributed by atoms with E-state index in [4.69, 9.17) is 33.9 Å². The Hall–Kier alpha value is -2.18. The van der Waals surface area contributed by atoms with Crippen LogP contribution in [0.3, 0.4) is 0 Å². The molecule has 0 spiro atoms. The number of rotatable bonds is 13. The molecule has 2 atom stereocenters. The lowest BCUT2D eigenvalue weighted by Crippen LogP contribution is -2.51. The van der Waals surface area contributed by atoms with E-state index in [9.17, 15) is 0 Å². The van der Waals surface area contributed by atoms with Crippen molar-refractivity contribution in [2.45, 2.75) is 125 Å². The van der Waals surface area contributed by atoms with E-state index in [1.54, 1.807) is 0 Å². The quantitative estimate of drug-likeness (QED) is 0.220. The third-order valence-electron chi connectivity index (χ3n) is 8.33. The minimum atomic E-state index is 0.0210.